The van der Waals surface area contributed by atoms with E-state index in [0.717, 1.165) is 40.3 Å². The molecule has 0 unspecified atom stereocenters. The lowest BCUT2D eigenvalue weighted by Gasteiger charge is -2.03. The Morgan fingerprint density at radius 2 is 1.50 bits per heavy atom. The molecule has 5 heteroatoms. The molecule has 0 aliphatic heterocycles. The molecule has 4 rings (SSSR count). The van der Waals surface area contributed by atoms with Crippen LogP contribution in [0.25, 0.3) is 34.5 Å². The first kappa shape index (κ1) is 21.1. The van der Waals surface area contributed by atoms with Crippen molar-refractivity contribution in [3.05, 3.63) is 95.9 Å². The minimum Gasteiger partial charge on any atom is -0.508 e. The number of hydrogen-bond acceptors (Lipinski definition) is 3. The lowest BCUT2D eigenvalue weighted by Crippen LogP contribution is -2.17. The molecule has 0 spiro atoms. The van der Waals surface area contributed by atoms with Gasteiger partial charge in [0.1, 0.15) is 11.6 Å². The molecule has 0 radical (unpaired) electrons. The number of nitrogens with one attached hydrogen (secondary N) is 1. The number of nitrogens with zero attached hydrogens (tertiary/aromatic N) is 2. The molecule has 3 aromatic carbocycles. The van der Waals surface area contributed by atoms with Gasteiger partial charge in [-0.3, -0.25) is 4.79 Å². The third-order valence-corrected chi connectivity index (χ3v) is 5.35. The maximum absolute atomic E-state index is 11.8. The van der Waals surface area contributed by atoms with Crippen molar-refractivity contribution in [1.29, 1.82) is 0 Å². The van der Waals surface area contributed by atoms with Gasteiger partial charge in [-0.1, -0.05) is 54.6 Å². The Bertz CT molecular complexity index is 1240. The van der Waals surface area contributed by atoms with Crippen molar-refractivity contribution < 1.29 is 9.90 Å². The predicted molar refractivity (Wildman–Crippen MR) is 129 cm³/mol. The Hall–Kier alpha value is -4.12. The Kier molecular flexibility index (Phi) is 6.17. The lowest BCUT2D eigenvalue weighted by atomic mass is 10.0. The summed E-state index contributed by atoms with van der Waals surface area (Å²) >= 11 is 0. The van der Waals surface area contributed by atoms with Gasteiger partial charge in [-0.2, -0.15) is 0 Å². The van der Waals surface area contributed by atoms with Gasteiger partial charge in [0.05, 0.1) is 5.69 Å². The number of aryl methyl sites for hydroxylation is 1. The van der Waals surface area contributed by atoms with E-state index in [-0.39, 0.29) is 11.7 Å². The Morgan fingerprint density at radius 1 is 0.906 bits per heavy atom. The molecule has 1 heterocycles. The molecule has 1 aromatic heterocycles. The first-order chi connectivity index (χ1) is 15.6. The summed E-state index contributed by atoms with van der Waals surface area (Å²) in [5.41, 5.74) is 5.71. The van der Waals surface area contributed by atoms with Crippen LogP contribution in [0.1, 0.15) is 28.7 Å². The second-order valence-corrected chi connectivity index (χ2v) is 7.43. The summed E-state index contributed by atoms with van der Waals surface area (Å²) in [6, 6.07) is 22.9. The average molecular weight is 424 g/mol. The van der Waals surface area contributed by atoms with Crippen LogP contribution in [-0.2, 0) is 6.54 Å². The molecular formula is C27H25N3O2. The fraction of sp³-hybridized carbons (Fsp3) is 0.111. The van der Waals surface area contributed by atoms with Crippen molar-refractivity contribution in [2.24, 2.45) is 0 Å². The van der Waals surface area contributed by atoms with Crippen molar-refractivity contribution in [3.8, 4) is 28.1 Å². The standard InChI is InChI=1S/C27H25N3O2/c1-3-30-18-25(22-9-11-23(12-10-22)27(32)28-2)29-26(30)17-6-19-4-7-20(8-5-19)21-13-15-24(31)16-14-21/h4-18,31H,3H2,1-2H3,(H,28,32). The van der Waals surface area contributed by atoms with Crippen LogP contribution in [0.15, 0.2) is 79.0 Å². The number of hydrogen-bond donors (Lipinski definition) is 2. The van der Waals surface area contributed by atoms with E-state index in [1.165, 1.54) is 0 Å². The molecule has 2 N–H and O–H groups in total. The van der Waals surface area contributed by atoms with Crippen LogP contribution in [0.3, 0.4) is 0 Å². The smallest absolute Gasteiger partial charge is 0.251 e. The van der Waals surface area contributed by atoms with Gasteiger partial charge in [0, 0.05) is 30.9 Å². The number of carbonyl (C=O) groups is 1. The summed E-state index contributed by atoms with van der Waals surface area (Å²) in [7, 11) is 1.62. The minimum absolute atomic E-state index is 0.101. The van der Waals surface area contributed by atoms with Crippen molar-refractivity contribution in [2.75, 3.05) is 7.05 Å². The second kappa shape index (κ2) is 9.35. The minimum atomic E-state index is -0.101. The first-order valence-electron chi connectivity index (χ1n) is 10.5. The van der Waals surface area contributed by atoms with Crippen molar-refractivity contribution >= 4 is 18.1 Å². The fourth-order valence-electron chi connectivity index (χ4n) is 3.50. The fourth-order valence-corrected chi connectivity index (χ4v) is 3.50. The highest BCUT2D eigenvalue weighted by atomic mass is 16.3. The number of rotatable bonds is 6. The monoisotopic (exact) mass is 423 g/mol. The average Bonchev–Trinajstić information content (AvgIpc) is 3.26. The normalized spacial score (nSPS) is 11.1. The topological polar surface area (TPSA) is 67.2 Å². The van der Waals surface area contributed by atoms with Gasteiger partial charge < -0.3 is 15.0 Å². The molecule has 32 heavy (non-hydrogen) atoms. The van der Waals surface area contributed by atoms with E-state index in [0.29, 0.717) is 5.56 Å². The summed E-state index contributed by atoms with van der Waals surface area (Å²) in [6.07, 6.45) is 6.09. The molecule has 0 saturated heterocycles. The van der Waals surface area contributed by atoms with Crippen LogP contribution in [0.5, 0.6) is 5.75 Å². The van der Waals surface area contributed by atoms with Gasteiger partial charge in [-0.05, 0) is 54.0 Å². The van der Waals surface area contributed by atoms with Crippen LogP contribution < -0.4 is 5.32 Å². The van der Waals surface area contributed by atoms with Crippen LogP contribution in [0.2, 0.25) is 0 Å². The third-order valence-electron chi connectivity index (χ3n) is 5.35. The molecule has 5 nitrogen and oxygen atoms in total. The van der Waals surface area contributed by atoms with Gasteiger partial charge in [-0.25, -0.2) is 4.98 Å². The lowest BCUT2D eigenvalue weighted by molar-refractivity contribution is 0.0963. The maximum Gasteiger partial charge on any atom is 0.251 e. The first-order valence-corrected chi connectivity index (χ1v) is 10.5. The zero-order chi connectivity index (χ0) is 22.5. The largest absolute Gasteiger partial charge is 0.508 e. The Morgan fingerprint density at radius 3 is 2.09 bits per heavy atom. The van der Waals surface area contributed by atoms with Crippen LogP contribution in [0, 0.1) is 0 Å². The number of carbonyl (C=O) groups excluding carboxylic acids is 1. The van der Waals surface area contributed by atoms with Crippen LogP contribution >= 0.6 is 0 Å². The van der Waals surface area contributed by atoms with E-state index in [2.05, 4.69) is 41.1 Å². The Balaban J connectivity index is 1.53. The second-order valence-electron chi connectivity index (χ2n) is 7.43. The van der Waals surface area contributed by atoms with E-state index < -0.39 is 0 Å². The molecule has 0 fully saturated rings. The van der Waals surface area contributed by atoms with Crippen molar-refractivity contribution in [2.45, 2.75) is 13.5 Å². The highest BCUT2D eigenvalue weighted by molar-refractivity contribution is 5.94. The van der Waals surface area contributed by atoms with Gasteiger partial charge in [-0.15, -0.1) is 0 Å². The van der Waals surface area contributed by atoms with Gasteiger partial charge in [0.2, 0.25) is 0 Å². The number of benzene rings is 3. The molecule has 0 bridgehead atoms. The molecule has 160 valence electrons. The molecule has 0 saturated carbocycles. The van der Waals surface area contributed by atoms with E-state index in [9.17, 15) is 9.90 Å². The summed E-state index contributed by atoms with van der Waals surface area (Å²) in [4.78, 5) is 16.5. The SMILES string of the molecule is CCn1cc(-c2ccc(C(=O)NC)cc2)nc1C=Cc1ccc(-c2ccc(O)cc2)cc1. The van der Waals surface area contributed by atoms with Crippen molar-refractivity contribution in [3.63, 3.8) is 0 Å². The maximum atomic E-state index is 11.8. The number of aromatic nitrogens is 2. The number of phenolic OH excluding ortho intramolecular Hbond substituents is 1. The molecule has 0 aliphatic rings. The van der Waals surface area contributed by atoms with E-state index in [1.807, 2.05) is 54.7 Å². The number of aromatic hydroxyl groups is 1. The number of phenols is 1. The van der Waals surface area contributed by atoms with Gasteiger partial charge >= 0.3 is 0 Å². The van der Waals surface area contributed by atoms with Crippen molar-refractivity contribution in [1.82, 2.24) is 14.9 Å². The summed E-state index contributed by atoms with van der Waals surface area (Å²) < 4.78 is 2.10. The Labute approximate surface area is 187 Å². The molecule has 0 aliphatic carbocycles. The van der Waals surface area contributed by atoms with Crippen LogP contribution in [0.4, 0.5) is 0 Å². The molecular weight excluding hydrogens is 398 g/mol. The zero-order valence-electron chi connectivity index (χ0n) is 18.1. The van der Waals surface area contributed by atoms with Crippen LogP contribution in [-0.4, -0.2) is 27.6 Å². The highest BCUT2D eigenvalue weighted by Crippen LogP contribution is 2.24. The summed E-state index contributed by atoms with van der Waals surface area (Å²) in [5.74, 6) is 1.04. The predicted octanol–water partition coefficient (Wildman–Crippen LogP) is 5.47. The van der Waals surface area contributed by atoms with Gasteiger partial charge in [0.15, 0.2) is 0 Å². The molecule has 1 amide bonds. The van der Waals surface area contributed by atoms with E-state index >= 15 is 0 Å². The molecule has 4 aromatic rings. The summed E-state index contributed by atoms with van der Waals surface area (Å²) in [6.45, 7) is 2.90. The van der Waals surface area contributed by atoms with E-state index in [1.54, 1.807) is 19.2 Å². The third kappa shape index (κ3) is 4.62. The zero-order valence-corrected chi connectivity index (χ0v) is 18.1. The highest BCUT2D eigenvalue weighted by Gasteiger charge is 2.08. The quantitative estimate of drug-likeness (QED) is 0.432. The van der Waals surface area contributed by atoms with Gasteiger partial charge in [0.25, 0.3) is 5.91 Å². The molecule has 0 atom stereocenters. The van der Waals surface area contributed by atoms with E-state index in [4.69, 9.17) is 4.98 Å². The number of imidazole rings is 1. The number of amides is 1. The summed E-state index contributed by atoms with van der Waals surface area (Å²) in [5, 5.41) is 12.1.